The van der Waals surface area contributed by atoms with Crippen LogP contribution in [0.1, 0.15) is 48.0 Å². The molecule has 0 saturated carbocycles. The fourth-order valence-corrected chi connectivity index (χ4v) is 5.63. The molecule has 0 unspecified atom stereocenters. The maximum atomic E-state index is 14.3. The van der Waals surface area contributed by atoms with Crippen LogP contribution in [-0.4, -0.2) is 66.5 Å². The first-order chi connectivity index (χ1) is 21.5. The van der Waals surface area contributed by atoms with Crippen molar-refractivity contribution < 1.29 is 82.9 Å². The van der Waals surface area contributed by atoms with Crippen LogP contribution in [0.2, 0.25) is 5.02 Å². The molecular weight excluding hydrogens is 829 g/mol. The topological polar surface area (TPSA) is 150 Å². The van der Waals surface area contributed by atoms with Crippen molar-refractivity contribution in [1.82, 2.24) is 4.98 Å². The van der Waals surface area contributed by atoms with E-state index in [4.69, 9.17) is 25.8 Å². The molecule has 3 aromatic carbocycles. The molecule has 4 aromatic rings. The predicted octanol–water partition coefficient (Wildman–Crippen LogP) is 5.41. The standard InChI is InChI=1S/C33H34ClN3O8.Ac/c1-33(2,17-38)16-37-24-12-11-19(34)14-21(24)29(20-8-6-10-25(43-3)30(20)44-4)45-26(31(37)40)15-27(39)35-22-9-5-7-18-13-23(32(41)42)36-28(18)22;/h5-14,26,29,36,38H,15-17H2,1-4H3,(H,35,39)(H,41,42);/t26-,29-;/m1./s1. The van der Waals surface area contributed by atoms with Crippen LogP contribution in [0.4, 0.5) is 11.4 Å². The second-order valence-corrected chi connectivity index (χ2v) is 12.0. The average molecular weight is 863 g/mol. The van der Waals surface area contributed by atoms with Gasteiger partial charge in [0, 0.05) is 89.9 Å². The third-order valence-corrected chi connectivity index (χ3v) is 7.90. The van der Waals surface area contributed by atoms with Crippen LogP contribution >= 0.6 is 11.6 Å². The summed E-state index contributed by atoms with van der Waals surface area (Å²) in [5, 5.41) is 23.3. The van der Waals surface area contributed by atoms with E-state index in [1.165, 1.54) is 25.2 Å². The Bertz CT molecular complexity index is 1780. The molecule has 46 heavy (non-hydrogen) atoms. The van der Waals surface area contributed by atoms with Crippen molar-refractivity contribution in [3.8, 4) is 11.5 Å². The van der Waals surface area contributed by atoms with E-state index in [9.17, 15) is 24.6 Å². The number of carbonyl (C=O) groups excluding carboxylic acids is 2. The molecular formula is C33H34AcClN3O8. The van der Waals surface area contributed by atoms with Crippen LogP contribution in [0.5, 0.6) is 11.5 Å². The molecule has 0 spiro atoms. The number of fused-ring (bicyclic) bond motifs is 2. The summed E-state index contributed by atoms with van der Waals surface area (Å²) in [5.74, 6) is -1.31. The molecule has 0 fully saturated rings. The number of para-hydroxylation sites is 2. The molecule has 0 aliphatic carbocycles. The number of aliphatic hydroxyl groups is 1. The van der Waals surface area contributed by atoms with Gasteiger partial charge in [0.1, 0.15) is 17.9 Å². The summed E-state index contributed by atoms with van der Waals surface area (Å²) >= 11 is 6.48. The van der Waals surface area contributed by atoms with Crippen molar-refractivity contribution in [1.29, 1.82) is 0 Å². The zero-order valence-electron chi connectivity index (χ0n) is 25.8. The minimum atomic E-state index is -1.27. The SMILES string of the molecule is COc1cccc([C@H]2O[C@H](CC(=O)Nc3cccc4cc(C(=O)O)[nH]c34)C(=O)N(CC(C)(C)CO)c3ccc(Cl)cc32)c1OC.[Ac]. The molecule has 1 aromatic heterocycles. The number of aromatic nitrogens is 1. The number of carboxylic acid groups (broad SMARTS) is 1. The Labute approximate surface area is 306 Å². The van der Waals surface area contributed by atoms with Crippen molar-refractivity contribution in [2.24, 2.45) is 5.41 Å². The summed E-state index contributed by atoms with van der Waals surface area (Å²) in [5.41, 5.74) is 1.70. The van der Waals surface area contributed by atoms with Crippen LogP contribution in [0.15, 0.2) is 60.7 Å². The van der Waals surface area contributed by atoms with Crippen molar-refractivity contribution in [3.05, 3.63) is 82.5 Å². The Morgan fingerprint density at radius 3 is 2.48 bits per heavy atom. The minimum Gasteiger partial charge on any atom is -0.493 e. The number of hydrogen-bond donors (Lipinski definition) is 4. The van der Waals surface area contributed by atoms with Gasteiger partial charge in [0.05, 0.1) is 31.8 Å². The number of hydrogen-bond acceptors (Lipinski definition) is 7. The Morgan fingerprint density at radius 2 is 1.80 bits per heavy atom. The van der Waals surface area contributed by atoms with Gasteiger partial charge in [-0.15, -0.1) is 0 Å². The van der Waals surface area contributed by atoms with E-state index in [0.29, 0.717) is 49.9 Å². The molecule has 2 amide bonds. The maximum Gasteiger partial charge on any atom is 0.352 e. The fraction of sp³-hybridized carbons (Fsp3) is 0.303. The van der Waals surface area contributed by atoms with Gasteiger partial charge < -0.3 is 39.6 Å². The Hall–Kier alpha value is -3.14. The number of aromatic amines is 1. The van der Waals surface area contributed by atoms with E-state index >= 15 is 0 Å². The molecule has 4 N–H and O–H groups in total. The number of aliphatic hydroxyl groups excluding tert-OH is 1. The first-order valence-corrected chi connectivity index (χ1v) is 14.6. The molecule has 1 aliphatic rings. The third kappa shape index (κ3) is 7.37. The molecule has 239 valence electrons. The Kier molecular flexibility index (Phi) is 11.4. The normalized spacial score (nSPS) is 16.3. The molecule has 11 nitrogen and oxygen atoms in total. The van der Waals surface area contributed by atoms with Crippen molar-refractivity contribution in [3.63, 3.8) is 0 Å². The molecule has 0 bridgehead atoms. The Morgan fingerprint density at radius 1 is 1.07 bits per heavy atom. The zero-order valence-corrected chi connectivity index (χ0v) is 31.3. The van der Waals surface area contributed by atoms with Gasteiger partial charge in [0.15, 0.2) is 11.5 Å². The molecule has 2 heterocycles. The summed E-state index contributed by atoms with van der Waals surface area (Å²) in [6.07, 6.45) is -2.55. The summed E-state index contributed by atoms with van der Waals surface area (Å²) < 4.78 is 17.8. The van der Waals surface area contributed by atoms with Crippen molar-refractivity contribution in [2.45, 2.75) is 32.5 Å². The number of nitrogens with zero attached hydrogens (tertiary/aromatic N) is 1. The van der Waals surface area contributed by atoms with Gasteiger partial charge in [-0.25, -0.2) is 4.79 Å². The van der Waals surface area contributed by atoms with Gasteiger partial charge in [-0.05, 0) is 36.4 Å². The molecule has 13 heteroatoms. The second kappa shape index (κ2) is 14.7. The van der Waals surface area contributed by atoms with Gasteiger partial charge in [-0.1, -0.05) is 49.7 Å². The number of aromatic carboxylic acids is 1. The number of rotatable bonds is 10. The quantitative estimate of drug-likeness (QED) is 0.166. The van der Waals surface area contributed by atoms with Crippen molar-refractivity contribution >= 4 is 51.7 Å². The number of halogens is 1. The molecule has 2 atom stereocenters. The van der Waals surface area contributed by atoms with E-state index in [1.807, 2.05) is 13.8 Å². The van der Waals surface area contributed by atoms with E-state index in [1.54, 1.807) is 54.6 Å². The molecule has 0 saturated heterocycles. The zero-order chi connectivity index (χ0) is 32.5. The number of ether oxygens (including phenoxy) is 3. The average Bonchev–Trinajstić information content (AvgIpc) is 3.44. The number of amides is 2. The van der Waals surface area contributed by atoms with Gasteiger partial charge in [0.25, 0.3) is 5.91 Å². The number of H-pyrrole nitrogens is 1. The number of benzene rings is 3. The minimum absolute atomic E-state index is 0. The van der Waals surface area contributed by atoms with Crippen LogP contribution in [0.25, 0.3) is 10.9 Å². The maximum absolute atomic E-state index is 14.3. The number of methoxy groups -OCH3 is 2. The van der Waals surface area contributed by atoms with E-state index < -0.39 is 35.4 Å². The smallest absolute Gasteiger partial charge is 0.352 e. The number of nitrogens with one attached hydrogen (secondary N) is 2. The fourth-order valence-electron chi connectivity index (χ4n) is 5.45. The van der Waals surface area contributed by atoms with Gasteiger partial charge in [-0.2, -0.15) is 0 Å². The first kappa shape index (κ1) is 35.7. The van der Waals surface area contributed by atoms with E-state index in [-0.39, 0.29) is 69.3 Å². The number of carboxylic acids is 1. The summed E-state index contributed by atoms with van der Waals surface area (Å²) in [6, 6.07) is 16.9. The van der Waals surface area contributed by atoms with Crippen LogP contribution in [-0.2, 0) is 14.3 Å². The summed E-state index contributed by atoms with van der Waals surface area (Å²) in [6.45, 7) is 3.58. The summed E-state index contributed by atoms with van der Waals surface area (Å²) in [7, 11) is 3.01. The number of anilines is 2. The van der Waals surface area contributed by atoms with Crippen LogP contribution in [0.3, 0.4) is 0 Å². The molecule has 5 rings (SSSR count). The van der Waals surface area contributed by atoms with Crippen LogP contribution in [0, 0.1) is 49.5 Å². The van der Waals surface area contributed by atoms with E-state index in [0.717, 1.165) is 0 Å². The second-order valence-electron chi connectivity index (χ2n) is 11.5. The summed E-state index contributed by atoms with van der Waals surface area (Å²) in [4.78, 5) is 43.7. The predicted molar refractivity (Wildman–Crippen MR) is 169 cm³/mol. The molecule has 1 aliphatic heterocycles. The van der Waals surface area contributed by atoms with Crippen LogP contribution < -0.4 is 19.7 Å². The monoisotopic (exact) mass is 862 g/mol. The van der Waals surface area contributed by atoms with E-state index in [2.05, 4.69) is 10.3 Å². The first-order valence-electron chi connectivity index (χ1n) is 14.2. The molecule has 1 radical (unpaired) electrons. The Balaban J connectivity index is 0.00000480. The van der Waals surface area contributed by atoms with Gasteiger partial charge >= 0.3 is 5.97 Å². The van der Waals surface area contributed by atoms with Gasteiger partial charge in [-0.3, -0.25) is 9.59 Å². The number of carbonyl (C=O) groups is 3. The third-order valence-electron chi connectivity index (χ3n) is 7.67. The van der Waals surface area contributed by atoms with Gasteiger partial charge in [0.2, 0.25) is 5.91 Å². The largest absolute Gasteiger partial charge is 0.493 e. The van der Waals surface area contributed by atoms with Crippen molar-refractivity contribution in [2.75, 3.05) is 37.6 Å².